The molecule has 0 saturated carbocycles. The van der Waals surface area contributed by atoms with Crippen molar-refractivity contribution in [2.75, 3.05) is 7.11 Å². The standard InChI is InChI=1S/C14H12O6/c1-18-14(17)12-7-6-9(20-12)8-19-13(16)10-4-2-3-5-11(10)15/h2-7,15H,8H2,1H3. The van der Waals surface area contributed by atoms with E-state index in [1.165, 1.54) is 31.4 Å². The van der Waals surface area contributed by atoms with Crippen molar-refractivity contribution in [1.82, 2.24) is 0 Å². The van der Waals surface area contributed by atoms with Crippen molar-refractivity contribution in [1.29, 1.82) is 0 Å². The van der Waals surface area contributed by atoms with Gasteiger partial charge in [0.05, 0.1) is 7.11 Å². The largest absolute Gasteiger partial charge is 0.507 e. The fraction of sp³-hybridized carbons (Fsp3) is 0.143. The Morgan fingerprint density at radius 3 is 2.60 bits per heavy atom. The van der Waals surface area contributed by atoms with Crippen LogP contribution < -0.4 is 0 Å². The number of carbonyl (C=O) groups is 2. The van der Waals surface area contributed by atoms with Gasteiger partial charge in [-0.1, -0.05) is 12.1 Å². The maximum atomic E-state index is 11.7. The van der Waals surface area contributed by atoms with Crippen LogP contribution in [-0.2, 0) is 16.1 Å². The molecule has 1 N–H and O–H groups in total. The van der Waals surface area contributed by atoms with Crippen LogP contribution in [0.3, 0.4) is 0 Å². The average Bonchev–Trinajstić information content (AvgIpc) is 2.93. The monoisotopic (exact) mass is 276 g/mol. The lowest BCUT2D eigenvalue weighted by atomic mass is 10.2. The average molecular weight is 276 g/mol. The lowest BCUT2D eigenvalue weighted by Gasteiger charge is -2.04. The Balaban J connectivity index is 1.99. The number of carbonyl (C=O) groups excluding carboxylic acids is 2. The second-order valence-corrected chi connectivity index (χ2v) is 3.85. The first-order chi connectivity index (χ1) is 9.61. The SMILES string of the molecule is COC(=O)c1ccc(COC(=O)c2ccccc2O)o1. The van der Waals surface area contributed by atoms with Crippen LogP contribution in [0.15, 0.2) is 40.8 Å². The third kappa shape index (κ3) is 2.97. The van der Waals surface area contributed by atoms with Gasteiger partial charge in [0.1, 0.15) is 23.7 Å². The maximum Gasteiger partial charge on any atom is 0.373 e. The van der Waals surface area contributed by atoms with Crippen molar-refractivity contribution in [3.63, 3.8) is 0 Å². The van der Waals surface area contributed by atoms with E-state index >= 15 is 0 Å². The minimum atomic E-state index is -0.681. The molecule has 20 heavy (non-hydrogen) atoms. The molecule has 6 heteroatoms. The number of furan rings is 1. The number of benzene rings is 1. The molecule has 104 valence electrons. The minimum Gasteiger partial charge on any atom is -0.507 e. The van der Waals surface area contributed by atoms with E-state index in [-0.39, 0.29) is 23.7 Å². The number of ether oxygens (including phenoxy) is 2. The number of para-hydroxylation sites is 1. The van der Waals surface area contributed by atoms with Crippen LogP contribution in [0.4, 0.5) is 0 Å². The van der Waals surface area contributed by atoms with Gasteiger partial charge in [0.2, 0.25) is 5.76 Å². The third-order valence-electron chi connectivity index (χ3n) is 2.52. The Hall–Kier alpha value is -2.76. The number of rotatable bonds is 4. The summed E-state index contributed by atoms with van der Waals surface area (Å²) in [5.41, 5.74) is 0.0623. The third-order valence-corrected chi connectivity index (χ3v) is 2.52. The van der Waals surface area contributed by atoms with Crippen LogP contribution >= 0.6 is 0 Å². The van der Waals surface area contributed by atoms with Crippen molar-refractivity contribution in [3.05, 3.63) is 53.5 Å². The zero-order chi connectivity index (χ0) is 14.5. The first-order valence-electron chi connectivity index (χ1n) is 5.74. The van der Waals surface area contributed by atoms with Crippen LogP contribution in [0.5, 0.6) is 5.75 Å². The number of hydrogen-bond acceptors (Lipinski definition) is 6. The predicted molar refractivity (Wildman–Crippen MR) is 67.3 cm³/mol. The molecule has 0 aliphatic rings. The molecule has 1 aromatic heterocycles. The normalized spacial score (nSPS) is 10.1. The summed E-state index contributed by atoms with van der Waals surface area (Å²) < 4.78 is 14.6. The quantitative estimate of drug-likeness (QED) is 0.861. The summed E-state index contributed by atoms with van der Waals surface area (Å²) in [7, 11) is 1.24. The Kier molecular flexibility index (Phi) is 4.05. The van der Waals surface area contributed by atoms with Crippen molar-refractivity contribution < 1.29 is 28.6 Å². The summed E-state index contributed by atoms with van der Waals surface area (Å²) in [5.74, 6) is -1.12. The molecular weight excluding hydrogens is 264 g/mol. The predicted octanol–water partition coefficient (Wildman–Crippen LogP) is 2.13. The number of phenols is 1. The van der Waals surface area contributed by atoms with Gasteiger partial charge in [-0.25, -0.2) is 9.59 Å². The van der Waals surface area contributed by atoms with Gasteiger partial charge in [-0.3, -0.25) is 0 Å². The highest BCUT2D eigenvalue weighted by atomic mass is 16.6. The van der Waals surface area contributed by atoms with E-state index in [4.69, 9.17) is 9.15 Å². The zero-order valence-electron chi connectivity index (χ0n) is 10.7. The summed E-state index contributed by atoms with van der Waals surface area (Å²) >= 11 is 0. The minimum absolute atomic E-state index is 0.0288. The van der Waals surface area contributed by atoms with E-state index in [2.05, 4.69) is 4.74 Å². The second-order valence-electron chi connectivity index (χ2n) is 3.85. The molecule has 6 nitrogen and oxygen atoms in total. The van der Waals surface area contributed by atoms with Gasteiger partial charge in [-0.15, -0.1) is 0 Å². The van der Waals surface area contributed by atoms with Gasteiger partial charge >= 0.3 is 11.9 Å². The molecule has 2 rings (SSSR count). The molecule has 0 fully saturated rings. The summed E-state index contributed by atoms with van der Waals surface area (Å²) in [5, 5.41) is 9.50. The molecule has 2 aromatic rings. The number of esters is 2. The van der Waals surface area contributed by atoms with E-state index in [9.17, 15) is 14.7 Å². The van der Waals surface area contributed by atoms with Gasteiger partial charge in [0.25, 0.3) is 0 Å². The summed E-state index contributed by atoms with van der Waals surface area (Å²) in [6.07, 6.45) is 0. The van der Waals surface area contributed by atoms with Crippen LogP contribution in [0, 0.1) is 0 Å². The smallest absolute Gasteiger partial charge is 0.373 e. The van der Waals surface area contributed by atoms with Crippen molar-refractivity contribution in [2.24, 2.45) is 0 Å². The van der Waals surface area contributed by atoms with E-state index < -0.39 is 11.9 Å². The number of phenolic OH excluding ortho intramolecular Hbond substituents is 1. The highest BCUT2D eigenvalue weighted by Crippen LogP contribution is 2.18. The van der Waals surface area contributed by atoms with E-state index in [1.54, 1.807) is 12.1 Å². The molecule has 0 unspecified atom stereocenters. The van der Waals surface area contributed by atoms with Gasteiger partial charge in [0, 0.05) is 0 Å². The first-order valence-corrected chi connectivity index (χ1v) is 5.74. The summed E-state index contributed by atoms with van der Waals surface area (Å²) in [4.78, 5) is 22.9. The maximum absolute atomic E-state index is 11.7. The molecule has 1 aromatic carbocycles. The Labute approximate surface area is 114 Å². The molecule has 0 aliphatic carbocycles. The molecular formula is C14H12O6. The molecule has 0 saturated heterocycles. The number of hydrogen-bond donors (Lipinski definition) is 1. The first kappa shape index (κ1) is 13.7. The lowest BCUT2D eigenvalue weighted by Crippen LogP contribution is -2.05. The van der Waals surface area contributed by atoms with Crippen LogP contribution in [0.2, 0.25) is 0 Å². The van der Waals surface area contributed by atoms with E-state index in [0.717, 1.165) is 0 Å². The fourth-order valence-electron chi connectivity index (χ4n) is 1.53. The molecule has 0 radical (unpaired) electrons. The van der Waals surface area contributed by atoms with Crippen LogP contribution in [-0.4, -0.2) is 24.2 Å². The topological polar surface area (TPSA) is 86.0 Å². The highest BCUT2D eigenvalue weighted by Gasteiger charge is 2.15. The van der Waals surface area contributed by atoms with Gasteiger partial charge in [0.15, 0.2) is 0 Å². The summed E-state index contributed by atoms with van der Waals surface area (Å²) in [6, 6.07) is 8.97. The second kappa shape index (κ2) is 5.92. The van der Waals surface area contributed by atoms with E-state index in [1.807, 2.05) is 0 Å². The Bertz CT molecular complexity index is 628. The van der Waals surface area contributed by atoms with Crippen molar-refractivity contribution in [3.8, 4) is 5.75 Å². The molecule has 1 heterocycles. The van der Waals surface area contributed by atoms with Crippen molar-refractivity contribution >= 4 is 11.9 Å². The van der Waals surface area contributed by atoms with Crippen molar-refractivity contribution in [2.45, 2.75) is 6.61 Å². The molecule has 0 amide bonds. The Morgan fingerprint density at radius 1 is 1.15 bits per heavy atom. The molecule has 0 spiro atoms. The highest BCUT2D eigenvalue weighted by molar-refractivity contribution is 5.92. The fourth-order valence-corrected chi connectivity index (χ4v) is 1.53. The molecule has 0 aliphatic heterocycles. The number of aromatic hydroxyl groups is 1. The van der Waals surface area contributed by atoms with Gasteiger partial charge in [-0.05, 0) is 24.3 Å². The van der Waals surface area contributed by atoms with E-state index in [0.29, 0.717) is 5.76 Å². The Morgan fingerprint density at radius 2 is 1.90 bits per heavy atom. The zero-order valence-corrected chi connectivity index (χ0v) is 10.7. The molecule has 0 bridgehead atoms. The van der Waals surface area contributed by atoms with Gasteiger partial charge < -0.3 is 19.0 Å². The number of methoxy groups -OCH3 is 1. The molecule has 0 atom stereocenters. The van der Waals surface area contributed by atoms with Crippen LogP contribution in [0.1, 0.15) is 26.7 Å². The van der Waals surface area contributed by atoms with Gasteiger partial charge in [-0.2, -0.15) is 0 Å². The summed E-state index contributed by atoms with van der Waals surface area (Å²) in [6.45, 7) is -0.149. The van der Waals surface area contributed by atoms with Crippen LogP contribution in [0.25, 0.3) is 0 Å². The lowest BCUT2D eigenvalue weighted by molar-refractivity contribution is 0.0435.